The second kappa shape index (κ2) is 6.06. The average molecular weight is 198 g/mol. The van der Waals surface area contributed by atoms with E-state index in [1.165, 1.54) is 4.90 Å². The van der Waals surface area contributed by atoms with E-state index in [4.69, 9.17) is 0 Å². The van der Waals surface area contributed by atoms with Crippen molar-refractivity contribution in [3.63, 3.8) is 0 Å². The third-order valence-electron chi connectivity index (χ3n) is 1.78. The van der Waals surface area contributed by atoms with E-state index in [1.54, 1.807) is 0 Å². The van der Waals surface area contributed by atoms with Crippen LogP contribution in [-0.4, -0.2) is 23.6 Å². The van der Waals surface area contributed by atoms with Gasteiger partial charge in [0.2, 0.25) is 0 Å². The van der Waals surface area contributed by atoms with E-state index in [2.05, 4.69) is 0 Å². The molecule has 62 valence electrons. The zero-order valence-electron chi connectivity index (χ0n) is 7.15. The molecule has 0 aliphatic carbocycles. The van der Waals surface area contributed by atoms with Crippen molar-refractivity contribution in [3.8, 4) is 0 Å². The van der Waals surface area contributed by atoms with Crippen LogP contribution in [-0.2, 0) is 4.57 Å². The molecule has 4 nitrogen and oxygen atoms in total. The summed E-state index contributed by atoms with van der Waals surface area (Å²) in [6.45, 7) is 1.20. The quantitative estimate of drug-likeness (QED) is 0.351. The zero-order valence-corrected chi connectivity index (χ0v) is 10.0. The molecule has 12 heavy (non-hydrogen) atoms. The molecule has 1 aliphatic heterocycles. The predicted molar refractivity (Wildman–Crippen MR) is 38.4 cm³/mol. The third-order valence-corrected chi connectivity index (χ3v) is 2.38. The summed E-state index contributed by atoms with van der Waals surface area (Å²) in [4.78, 5) is 22.5. The zero-order chi connectivity index (χ0) is 8.27. The third kappa shape index (κ3) is 3.50. The molecule has 1 heterocycles. The Morgan fingerprint density at radius 1 is 1.25 bits per heavy atom. The van der Waals surface area contributed by atoms with Crippen molar-refractivity contribution in [2.45, 2.75) is 19.3 Å². The molecule has 1 fully saturated rings. The van der Waals surface area contributed by atoms with Gasteiger partial charge in [-0.15, -0.1) is 0 Å². The van der Waals surface area contributed by atoms with Crippen molar-refractivity contribution in [1.29, 1.82) is 0 Å². The number of hydrogen-bond acceptors (Lipinski definition) is 3. The Balaban J connectivity index is 0.00000121. The fraction of sp³-hybridized carbons (Fsp3) is 0.833. The molecule has 1 atom stereocenters. The van der Waals surface area contributed by atoms with Gasteiger partial charge in [-0.1, -0.05) is 4.57 Å². The van der Waals surface area contributed by atoms with E-state index in [0.717, 1.165) is 19.3 Å². The number of rotatable bonds is 1. The Labute approximate surface area is 94.5 Å². The number of likely N-dealkylation sites (tertiary alicyclic amines) is 1. The molecule has 0 saturated carbocycles. The largest absolute Gasteiger partial charge is 1.00 e. The average Bonchev–Trinajstić information content (AvgIpc) is 2.05. The fourth-order valence-electron chi connectivity index (χ4n) is 1.20. The minimum absolute atomic E-state index is 0. The molecule has 0 radical (unpaired) electrons. The predicted octanol–water partition coefficient (Wildman–Crippen LogP) is -2.30. The maximum absolute atomic E-state index is 10.8. The molecular formula is C6H10NNaO3P+. The van der Waals surface area contributed by atoms with Gasteiger partial charge in [-0.05, 0) is 19.3 Å². The van der Waals surface area contributed by atoms with Crippen molar-refractivity contribution in [1.82, 2.24) is 4.90 Å². The first kappa shape index (κ1) is 12.5. The van der Waals surface area contributed by atoms with Crippen LogP contribution in [0, 0.1) is 0 Å². The van der Waals surface area contributed by atoms with E-state index in [-0.39, 0.29) is 29.6 Å². The van der Waals surface area contributed by atoms with Crippen molar-refractivity contribution in [2.24, 2.45) is 0 Å². The second-order valence-corrected chi connectivity index (χ2v) is 3.48. The number of nitrogens with zero attached hydrogens (tertiary/aromatic N) is 1. The van der Waals surface area contributed by atoms with Gasteiger partial charge in [0.1, 0.15) is 0 Å². The van der Waals surface area contributed by atoms with E-state index in [9.17, 15) is 14.3 Å². The van der Waals surface area contributed by atoms with E-state index in [0.29, 0.717) is 13.1 Å². The molecular weight excluding hydrogens is 188 g/mol. The molecule has 1 amide bonds. The van der Waals surface area contributed by atoms with Gasteiger partial charge in [0.05, 0.1) is 0 Å². The van der Waals surface area contributed by atoms with Crippen LogP contribution in [0.25, 0.3) is 0 Å². The number of carbonyl (C=O) groups excluding carboxylic acids is 1. The normalized spacial score (nSPS) is 18.1. The van der Waals surface area contributed by atoms with Crippen molar-refractivity contribution >= 4 is 13.7 Å². The van der Waals surface area contributed by atoms with Crippen molar-refractivity contribution < 1.29 is 43.8 Å². The van der Waals surface area contributed by atoms with Crippen molar-refractivity contribution in [3.05, 3.63) is 0 Å². The van der Waals surface area contributed by atoms with Gasteiger partial charge in [0.25, 0.3) is 0 Å². The second-order valence-electron chi connectivity index (χ2n) is 2.59. The Morgan fingerprint density at radius 2 is 1.75 bits per heavy atom. The summed E-state index contributed by atoms with van der Waals surface area (Å²) in [5, 5.41) is 0. The standard InChI is InChI=1S/C6H10NO3P.Na/c8-6(11(9)10)7-4-2-1-3-5-7;/h1-5H2;/q;+1. The van der Waals surface area contributed by atoms with Gasteiger partial charge in [-0.25, -0.2) is 4.79 Å². The minimum atomic E-state index is -2.90. The number of amides is 1. The van der Waals surface area contributed by atoms with Crippen LogP contribution in [0.1, 0.15) is 19.3 Å². The Bertz CT molecular complexity index is 182. The van der Waals surface area contributed by atoms with Gasteiger partial charge >= 0.3 is 43.2 Å². The molecule has 0 aromatic carbocycles. The van der Waals surface area contributed by atoms with Gasteiger partial charge in [-0.3, -0.25) is 0 Å². The van der Waals surface area contributed by atoms with E-state index < -0.39 is 13.7 Å². The van der Waals surface area contributed by atoms with Gasteiger partial charge in [0, 0.05) is 13.1 Å². The number of carbonyl (C=O) groups is 1. The molecule has 6 heteroatoms. The molecule has 0 bridgehead atoms. The molecule has 1 saturated heterocycles. The van der Waals surface area contributed by atoms with E-state index in [1.807, 2.05) is 0 Å². The van der Waals surface area contributed by atoms with Crippen LogP contribution in [0.5, 0.6) is 0 Å². The summed E-state index contributed by atoms with van der Waals surface area (Å²) in [5.74, 6) is 0. The first-order valence-corrected chi connectivity index (χ1v) is 4.83. The van der Waals surface area contributed by atoms with Gasteiger partial charge < -0.3 is 9.79 Å². The van der Waals surface area contributed by atoms with Crippen LogP contribution in [0.2, 0.25) is 0 Å². The van der Waals surface area contributed by atoms with Gasteiger partial charge in [0.15, 0.2) is 0 Å². The molecule has 0 spiro atoms. The SMILES string of the molecule is O=C(N1CCCCC1)[P+](=O)[O-].[Na+]. The topological polar surface area (TPSA) is 60.4 Å². The fourth-order valence-corrected chi connectivity index (χ4v) is 1.63. The maximum Gasteiger partial charge on any atom is 1.00 e. The summed E-state index contributed by atoms with van der Waals surface area (Å²) in [5.41, 5.74) is -0.722. The van der Waals surface area contributed by atoms with Crippen molar-refractivity contribution in [2.75, 3.05) is 13.1 Å². The summed E-state index contributed by atoms with van der Waals surface area (Å²) < 4.78 is 10.2. The summed E-state index contributed by atoms with van der Waals surface area (Å²) in [7, 11) is -2.90. The summed E-state index contributed by atoms with van der Waals surface area (Å²) >= 11 is 0. The van der Waals surface area contributed by atoms with Crippen LogP contribution in [0.15, 0.2) is 0 Å². The first-order valence-electron chi connectivity index (χ1n) is 3.65. The Kier molecular flexibility index (Phi) is 6.32. The molecule has 0 aromatic rings. The smallest absolute Gasteiger partial charge is 0.587 e. The maximum atomic E-state index is 10.8. The number of piperidine rings is 1. The molecule has 1 rings (SSSR count). The van der Waals surface area contributed by atoms with E-state index >= 15 is 0 Å². The molecule has 1 unspecified atom stereocenters. The molecule has 0 N–H and O–H groups in total. The molecule has 0 aromatic heterocycles. The van der Waals surface area contributed by atoms with Crippen LogP contribution in [0.4, 0.5) is 4.79 Å². The van der Waals surface area contributed by atoms with Gasteiger partial charge in [-0.2, -0.15) is 0 Å². The summed E-state index contributed by atoms with van der Waals surface area (Å²) in [6, 6.07) is 0. The van der Waals surface area contributed by atoms with Crippen LogP contribution >= 0.6 is 8.03 Å². The minimum Gasteiger partial charge on any atom is -0.587 e. The van der Waals surface area contributed by atoms with Crippen LogP contribution in [0.3, 0.4) is 0 Å². The molecule has 1 aliphatic rings. The summed E-state index contributed by atoms with van der Waals surface area (Å²) in [6.07, 6.45) is 2.95. The Hall–Kier alpha value is 0.530. The number of hydrogen-bond donors (Lipinski definition) is 0. The first-order chi connectivity index (χ1) is 5.22. The van der Waals surface area contributed by atoms with Crippen LogP contribution < -0.4 is 34.5 Å². The Morgan fingerprint density at radius 3 is 2.17 bits per heavy atom. The monoisotopic (exact) mass is 198 g/mol.